The summed E-state index contributed by atoms with van der Waals surface area (Å²) in [6.07, 6.45) is 4.12. The van der Waals surface area contributed by atoms with Crippen molar-refractivity contribution in [1.82, 2.24) is 10.2 Å². The van der Waals surface area contributed by atoms with Gasteiger partial charge in [0.25, 0.3) is 0 Å². The molecule has 0 aromatic carbocycles. The summed E-state index contributed by atoms with van der Waals surface area (Å²) in [7, 11) is 0. The molecule has 1 aliphatic heterocycles. The SMILES string of the molecule is O=C(CCl)NCC1CCN(C(=O)C2CC2)CC1. The molecule has 0 aromatic heterocycles. The lowest BCUT2D eigenvalue weighted by atomic mass is 9.96. The maximum Gasteiger partial charge on any atom is 0.234 e. The van der Waals surface area contributed by atoms with Crippen molar-refractivity contribution in [3.8, 4) is 0 Å². The first-order valence-corrected chi connectivity index (χ1v) is 6.85. The Balaban J connectivity index is 1.66. The third kappa shape index (κ3) is 3.60. The van der Waals surface area contributed by atoms with E-state index in [0.717, 1.165) is 38.8 Å². The van der Waals surface area contributed by atoms with Crippen LogP contribution < -0.4 is 5.32 Å². The van der Waals surface area contributed by atoms with Crippen molar-refractivity contribution in [2.45, 2.75) is 25.7 Å². The third-order valence-electron chi connectivity index (χ3n) is 3.56. The zero-order valence-corrected chi connectivity index (χ0v) is 10.7. The Hall–Kier alpha value is -0.770. The largest absolute Gasteiger partial charge is 0.355 e. The summed E-state index contributed by atoms with van der Waals surface area (Å²) < 4.78 is 0. The predicted octanol–water partition coefficient (Wildman–Crippen LogP) is 0.990. The second-order valence-corrected chi connectivity index (χ2v) is 5.25. The summed E-state index contributed by atoms with van der Waals surface area (Å²) in [6, 6.07) is 0. The van der Waals surface area contributed by atoms with Crippen LogP contribution in [0.25, 0.3) is 0 Å². The summed E-state index contributed by atoms with van der Waals surface area (Å²) in [5.41, 5.74) is 0. The fraction of sp³-hybridized carbons (Fsp3) is 0.833. The fourth-order valence-corrected chi connectivity index (χ4v) is 2.35. The van der Waals surface area contributed by atoms with Crippen molar-refractivity contribution in [2.75, 3.05) is 25.5 Å². The highest BCUT2D eigenvalue weighted by molar-refractivity contribution is 6.27. The molecule has 1 aliphatic carbocycles. The highest BCUT2D eigenvalue weighted by Gasteiger charge is 2.34. The minimum Gasteiger partial charge on any atom is -0.355 e. The molecular formula is C12H19ClN2O2. The second kappa shape index (κ2) is 5.71. The minimum atomic E-state index is -0.108. The number of likely N-dealkylation sites (tertiary alicyclic amines) is 1. The van der Waals surface area contributed by atoms with Crippen molar-refractivity contribution in [3.05, 3.63) is 0 Å². The summed E-state index contributed by atoms with van der Waals surface area (Å²) in [5, 5.41) is 2.81. The molecule has 17 heavy (non-hydrogen) atoms. The van der Waals surface area contributed by atoms with E-state index in [9.17, 15) is 9.59 Å². The molecule has 1 N–H and O–H groups in total. The molecular weight excluding hydrogens is 240 g/mol. The van der Waals surface area contributed by atoms with Gasteiger partial charge in [0.2, 0.25) is 11.8 Å². The molecule has 5 heteroatoms. The van der Waals surface area contributed by atoms with E-state index < -0.39 is 0 Å². The van der Waals surface area contributed by atoms with E-state index >= 15 is 0 Å². The first kappa shape index (κ1) is 12.7. The molecule has 0 bridgehead atoms. The number of piperidine rings is 1. The lowest BCUT2D eigenvalue weighted by molar-refractivity contribution is -0.134. The molecule has 1 saturated heterocycles. The van der Waals surface area contributed by atoms with Gasteiger partial charge in [0.15, 0.2) is 0 Å². The van der Waals surface area contributed by atoms with E-state index in [2.05, 4.69) is 5.32 Å². The van der Waals surface area contributed by atoms with Gasteiger partial charge in [-0.3, -0.25) is 9.59 Å². The van der Waals surface area contributed by atoms with Crippen LogP contribution in [0.4, 0.5) is 0 Å². The Kier molecular flexibility index (Phi) is 4.26. The summed E-state index contributed by atoms with van der Waals surface area (Å²) in [6.45, 7) is 2.38. The lowest BCUT2D eigenvalue weighted by Gasteiger charge is -2.32. The van der Waals surface area contributed by atoms with E-state index in [0.29, 0.717) is 24.3 Å². The van der Waals surface area contributed by atoms with Crippen LogP contribution >= 0.6 is 11.6 Å². The molecule has 0 atom stereocenters. The van der Waals surface area contributed by atoms with E-state index in [1.165, 1.54) is 0 Å². The van der Waals surface area contributed by atoms with E-state index in [4.69, 9.17) is 11.6 Å². The first-order valence-electron chi connectivity index (χ1n) is 6.32. The maximum absolute atomic E-state index is 11.8. The Morgan fingerprint density at radius 2 is 1.82 bits per heavy atom. The van der Waals surface area contributed by atoms with Gasteiger partial charge in [0, 0.05) is 25.6 Å². The highest BCUT2D eigenvalue weighted by atomic mass is 35.5. The van der Waals surface area contributed by atoms with Gasteiger partial charge in [-0.2, -0.15) is 0 Å². The Bertz CT molecular complexity index is 297. The Morgan fingerprint density at radius 1 is 1.18 bits per heavy atom. The highest BCUT2D eigenvalue weighted by Crippen LogP contribution is 2.32. The number of amides is 2. The van der Waals surface area contributed by atoms with Crippen molar-refractivity contribution >= 4 is 23.4 Å². The molecule has 4 nitrogen and oxygen atoms in total. The molecule has 96 valence electrons. The van der Waals surface area contributed by atoms with Gasteiger partial charge in [-0.1, -0.05) is 0 Å². The van der Waals surface area contributed by atoms with Gasteiger partial charge in [-0.25, -0.2) is 0 Å². The zero-order chi connectivity index (χ0) is 12.3. The predicted molar refractivity (Wildman–Crippen MR) is 65.8 cm³/mol. The van der Waals surface area contributed by atoms with Crippen molar-refractivity contribution in [3.63, 3.8) is 0 Å². The average molecular weight is 259 g/mol. The molecule has 0 unspecified atom stereocenters. The molecule has 1 heterocycles. The van der Waals surface area contributed by atoms with Crippen LogP contribution in [-0.2, 0) is 9.59 Å². The Morgan fingerprint density at radius 3 is 2.35 bits per heavy atom. The lowest BCUT2D eigenvalue weighted by Crippen LogP contribution is -2.42. The summed E-state index contributed by atoms with van der Waals surface area (Å²) in [5.74, 6) is 1.07. The van der Waals surface area contributed by atoms with Crippen LogP contribution in [0.15, 0.2) is 0 Å². The van der Waals surface area contributed by atoms with Crippen molar-refractivity contribution < 1.29 is 9.59 Å². The molecule has 2 amide bonds. The number of halogens is 1. The van der Waals surface area contributed by atoms with Crippen molar-refractivity contribution in [2.24, 2.45) is 11.8 Å². The number of carbonyl (C=O) groups is 2. The van der Waals surface area contributed by atoms with Gasteiger partial charge in [0.05, 0.1) is 0 Å². The normalized spacial score (nSPS) is 21.4. The minimum absolute atomic E-state index is 0.0268. The quantitative estimate of drug-likeness (QED) is 0.765. The first-order chi connectivity index (χ1) is 8.20. The second-order valence-electron chi connectivity index (χ2n) is 4.98. The van der Waals surface area contributed by atoms with Gasteiger partial charge >= 0.3 is 0 Å². The number of nitrogens with one attached hydrogen (secondary N) is 1. The molecule has 1 saturated carbocycles. The van der Waals surface area contributed by atoms with Gasteiger partial charge in [0.1, 0.15) is 5.88 Å². The smallest absolute Gasteiger partial charge is 0.234 e. The fourth-order valence-electron chi connectivity index (χ4n) is 2.25. The number of hydrogen-bond donors (Lipinski definition) is 1. The molecule has 0 radical (unpaired) electrons. The molecule has 0 aromatic rings. The average Bonchev–Trinajstić information content (AvgIpc) is 3.20. The molecule has 2 rings (SSSR count). The van der Waals surface area contributed by atoms with Crippen LogP contribution in [0, 0.1) is 11.8 Å². The third-order valence-corrected chi connectivity index (χ3v) is 3.80. The molecule has 2 fully saturated rings. The number of hydrogen-bond acceptors (Lipinski definition) is 2. The topological polar surface area (TPSA) is 49.4 Å². The van der Waals surface area contributed by atoms with E-state index in [-0.39, 0.29) is 11.8 Å². The number of rotatable bonds is 4. The van der Waals surface area contributed by atoms with E-state index in [1.807, 2.05) is 4.90 Å². The van der Waals surface area contributed by atoms with Crippen molar-refractivity contribution in [1.29, 1.82) is 0 Å². The van der Waals surface area contributed by atoms with Crippen LogP contribution in [0.5, 0.6) is 0 Å². The number of alkyl halides is 1. The van der Waals surface area contributed by atoms with E-state index in [1.54, 1.807) is 0 Å². The monoisotopic (exact) mass is 258 g/mol. The summed E-state index contributed by atoms with van der Waals surface area (Å²) >= 11 is 5.41. The van der Waals surface area contributed by atoms with Crippen LogP contribution in [0.1, 0.15) is 25.7 Å². The summed E-state index contributed by atoms with van der Waals surface area (Å²) in [4.78, 5) is 24.8. The maximum atomic E-state index is 11.8. The van der Waals surface area contributed by atoms with Gasteiger partial charge < -0.3 is 10.2 Å². The van der Waals surface area contributed by atoms with Gasteiger partial charge in [-0.15, -0.1) is 11.6 Å². The van der Waals surface area contributed by atoms with Crippen LogP contribution in [0.2, 0.25) is 0 Å². The number of nitrogens with zero attached hydrogens (tertiary/aromatic N) is 1. The molecule has 0 spiro atoms. The standard InChI is InChI=1S/C12H19ClN2O2/c13-7-11(16)14-8-9-3-5-15(6-4-9)12(17)10-1-2-10/h9-10H,1-8H2,(H,14,16). The molecule has 2 aliphatic rings. The van der Waals surface area contributed by atoms with Crippen LogP contribution in [0.3, 0.4) is 0 Å². The Labute approximate surface area is 107 Å². The number of carbonyl (C=O) groups excluding carboxylic acids is 2. The zero-order valence-electron chi connectivity index (χ0n) is 9.95. The van der Waals surface area contributed by atoms with Crippen LogP contribution in [-0.4, -0.2) is 42.2 Å². The van der Waals surface area contributed by atoms with Gasteiger partial charge in [-0.05, 0) is 31.6 Å².